The second-order valence-corrected chi connectivity index (χ2v) is 10.6. The van der Waals surface area contributed by atoms with Crippen LogP contribution in [0, 0.1) is 5.82 Å². The molecule has 0 saturated heterocycles. The van der Waals surface area contributed by atoms with E-state index in [0.29, 0.717) is 28.9 Å². The molecule has 0 saturated carbocycles. The highest BCUT2D eigenvalue weighted by Gasteiger charge is 2.27. The van der Waals surface area contributed by atoms with Crippen molar-refractivity contribution in [2.75, 3.05) is 10.5 Å². The first-order valence-electron chi connectivity index (χ1n) is 10.5. The largest absolute Gasteiger partial charge is 0.345 e. The highest BCUT2D eigenvalue weighted by molar-refractivity contribution is 7.92. The van der Waals surface area contributed by atoms with Crippen molar-refractivity contribution < 1.29 is 17.6 Å². The third-order valence-electron chi connectivity index (χ3n) is 5.75. The van der Waals surface area contributed by atoms with Crippen LogP contribution in [0.3, 0.4) is 0 Å². The van der Waals surface area contributed by atoms with Gasteiger partial charge in [0.2, 0.25) is 10.0 Å². The van der Waals surface area contributed by atoms with Crippen LogP contribution in [0.1, 0.15) is 48.2 Å². The number of aromatic amines is 1. The lowest BCUT2D eigenvalue weighted by Gasteiger charge is -2.27. The van der Waals surface area contributed by atoms with Crippen LogP contribution in [0.4, 0.5) is 10.1 Å². The van der Waals surface area contributed by atoms with Gasteiger partial charge in [0.25, 0.3) is 0 Å². The Balaban J connectivity index is 1.72. The zero-order chi connectivity index (χ0) is 23.8. The number of rotatable bonds is 7. The van der Waals surface area contributed by atoms with Crippen LogP contribution in [0.15, 0.2) is 59.9 Å². The fourth-order valence-corrected chi connectivity index (χ4v) is 5.12. The summed E-state index contributed by atoms with van der Waals surface area (Å²) in [5, 5.41) is 1.23. The molecule has 1 aliphatic carbocycles. The third-order valence-corrected chi connectivity index (χ3v) is 7.51. The Bertz CT molecular complexity index is 1410. The maximum absolute atomic E-state index is 15.2. The standard InChI is InChI=1S/C24H23ClFN3O3S/c1-3-11-33(31,32)29-20-6-4-5-17(21(20)26)22(30)19-14-28-23-18(19)12-15(13-27-23)24(2)9-7-16(25)8-10-24/h4-9,12-14,29H,3,10-11H2,1-2H3,(H,27,28)/t24-/m1/s1. The minimum Gasteiger partial charge on any atom is -0.345 e. The Labute approximate surface area is 196 Å². The van der Waals surface area contributed by atoms with E-state index in [-0.39, 0.29) is 28.0 Å². The number of sulfonamides is 1. The summed E-state index contributed by atoms with van der Waals surface area (Å²) in [6, 6.07) is 5.95. The zero-order valence-corrected chi connectivity index (χ0v) is 19.7. The summed E-state index contributed by atoms with van der Waals surface area (Å²) < 4.78 is 41.5. The number of allylic oxidation sites excluding steroid dienone is 4. The van der Waals surface area contributed by atoms with Gasteiger partial charge in [0, 0.05) is 33.8 Å². The fourth-order valence-electron chi connectivity index (χ4n) is 3.85. The van der Waals surface area contributed by atoms with Crippen LogP contribution in [0.2, 0.25) is 0 Å². The van der Waals surface area contributed by atoms with Gasteiger partial charge in [-0.1, -0.05) is 43.7 Å². The molecule has 2 heterocycles. The lowest BCUT2D eigenvalue weighted by molar-refractivity contribution is 0.103. The van der Waals surface area contributed by atoms with Crippen LogP contribution < -0.4 is 4.72 Å². The van der Waals surface area contributed by atoms with E-state index < -0.39 is 21.6 Å². The molecule has 2 N–H and O–H groups in total. The SMILES string of the molecule is CCCS(=O)(=O)Nc1cccc(C(=O)c2c[nH]c3ncc([C@]4(C)C=CC(Cl)=CC4)cc23)c1F. The summed E-state index contributed by atoms with van der Waals surface area (Å²) >= 11 is 6.06. The van der Waals surface area contributed by atoms with Gasteiger partial charge in [-0.25, -0.2) is 17.8 Å². The number of pyridine rings is 1. The number of carbonyl (C=O) groups is 1. The number of hydrogen-bond donors (Lipinski definition) is 2. The Morgan fingerprint density at radius 3 is 2.82 bits per heavy atom. The Hall–Kier alpha value is -2.97. The van der Waals surface area contributed by atoms with Crippen LogP contribution in [0.5, 0.6) is 0 Å². The van der Waals surface area contributed by atoms with Crippen molar-refractivity contribution in [3.63, 3.8) is 0 Å². The topological polar surface area (TPSA) is 91.9 Å². The maximum Gasteiger partial charge on any atom is 0.232 e. The number of nitrogens with one attached hydrogen (secondary N) is 2. The van der Waals surface area contributed by atoms with Gasteiger partial charge in [-0.05, 0) is 42.7 Å². The molecule has 0 fully saturated rings. The van der Waals surface area contributed by atoms with Crippen molar-refractivity contribution in [2.45, 2.75) is 32.1 Å². The van der Waals surface area contributed by atoms with Crippen LogP contribution in [-0.2, 0) is 15.4 Å². The fraction of sp³-hybridized carbons (Fsp3) is 0.250. The molecule has 1 atom stereocenters. The first-order valence-corrected chi connectivity index (χ1v) is 12.5. The number of aromatic nitrogens is 2. The van der Waals surface area contributed by atoms with Crippen LogP contribution in [0.25, 0.3) is 11.0 Å². The van der Waals surface area contributed by atoms with Crippen molar-refractivity contribution in [1.82, 2.24) is 9.97 Å². The molecule has 0 bridgehead atoms. The first-order chi connectivity index (χ1) is 15.6. The minimum atomic E-state index is -3.70. The summed E-state index contributed by atoms with van der Waals surface area (Å²) in [5.41, 5.74) is 0.817. The van der Waals surface area contributed by atoms with E-state index in [1.807, 2.05) is 31.2 Å². The van der Waals surface area contributed by atoms with Gasteiger partial charge in [0.15, 0.2) is 11.6 Å². The van der Waals surface area contributed by atoms with Gasteiger partial charge in [-0.2, -0.15) is 0 Å². The van der Waals surface area contributed by atoms with Crippen molar-refractivity contribution in [2.24, 2.45) is 0 Å². The first kappa shape index (κ1) is 23.2. The van der Waals surface area contributed by atoms with E-state index in [9.17, 15) is 13.2 Å². The molecular weight excluding hydrogens is 465 g/mol. The average Bonchev–Trinajstić information content (AvgIpc) is 3.20. The predicted octanol–water partition coefficient (Wildman–Crippen LogP) is 5.43. The number of hydrogen-bond acceptors (Lipinski definition) is 4. The monoisotopic (exact) mass is 487 g/mol. The molecule has 0 amide bonds. The van der Waals surface area contributed by atoms with Gasteiger partial charge in [-0.3, -0.25) is 9.52 Å². The van der Waals surface area contributed by atoms with Crippen molar-refractivity contribution in [3.05, 3.63) is 82.4 Å². The summed E-state index contributed by atoms with van der Waals surface area (Å²) in [5.74, 6) is -1.63. The van der Waals surface area contributed by atoms with Crippen molar-refractivity contribution in [1.29, 1.82) is 0 Å². The molecule has 0 aliphatic heterocycles. The number of anilines is 1. The molecule has 172 valence electrons. The van der Waals surface area contributed by atoms with Crippen molar-refractivity contribution in [3.8, 4) is 0 Å². The Kier molecular flexibility index (Phi) is 6.16. The summed E-state index contributed by atoms with van der Waals surface area (Å²) in [6.07, 6.45) is 10.1. The van der Waals surface area contributed by atoms with Gasteiger partial charge in [0.05, 0.1) is 17.0 Å². The molecule has 0 unspecified atom stereocenters. The van der Waals surface area contributed by atoms with Crippen LogP contribution >= 0.6 is 11.6 Å². The molecule has 2 aromatic heterocycles. The quantitative estimate of drug-likeness (QED) is 0.435. The van der Waals surface area contributed by atoms with Gasteiger partial charge >= 0.3 is 0 Å². The van der Waals surface area contributed by atoms with E-state index in [4.69, 9.17) is 11.6 Å². The van der Waals surface area contributed by atoms with E-state index in [1.54, 1.807) is 13.1 Å². The molecule has 1 aromatic carbocycles. The number of fused-ring (bicyclic) bond motifs is 1. The average molecular weight is 488 g/mol. The molecule has 33 heavy (non-hydrogen) atoms. The number of benzene rings is 1. The molecule has 9 heteroatoms. The molecule has 1 aliphatic rings. The number of H-pyrrole nitrogens is 1. The predicted molar refractivity (Wildman–Crippen MR) is 129 cm³/mol. The van der Waals surface area contributed by atoms with E-state index in [1.165, 1.54) is 24.4 Å². The number of halogens is 2. The third kappa shape index (κ3) is 4.58. The molecule has 6 nitrogen and oxygen atoms in total. The van der Waals surface area contributed by atoms with Gasteiger partial charge in [0.1, 0.15) is 5.65 Å². The Morgan fingerprint density at radius 1 is 1.33 bits per heavy atom. The van der Waals surface area contributed by atoms with E-state index >= 15 is 4.39 Å². The number of nitrogens with zero attached hydrogens (tertiary/aromatic N) is 1. The molecule has 4 rings (SSSR count). The normalized spacial score (nSPS) is 18.4. The summed E-state index contributed by atoms with van der Waals surface area (Å²) in [6.45, 7) is 3.76. The highest BCUT2D eigenvalue weighted by Crippen LogP contribution is 2.36. The van der Waals surface area contributed by atoms with Crippen LogP contribution in [-0.4, -0.2) is 29.9 Å². The smallest absolute Gasteiger partial charge is 0.232 e. The maximum atomic E-state index is 15.2. The summed E-state index contributed by atoms with van der Waals surface area (Å²) in [7, 11) is -3.70. The lowest BCUT2D eigenvalue weighted by atomic mass is 9.77. The number of ketones is 1. The lowest BCUT2D eigenvalue weighted by Crippen LogP contribution is -2.20. The number of carbonyl (C=O) groups excluding carboxylic acids is 1. The Morgan fingerprint density at radius 2 is 2.12 bits per heavy atom. The molecular formula is C24H23ClFN3O3S. The van der Waals surface area contributed by atoms with E-state index in [0.717, 1.165) is 5.56 Å². The van der Waals surface area contributed by atoms with Gasteiger partial charge in [-0.15, -0.1) is 0 Å². The zero-order valence-electron chi connectivity index (χ0n) is 18.2. The summed E-state index contributed by atoms with van der Waals surface area (Å²) in [4.78, 5) is 20.7. The van der Waals surface area contributed by atoms with Gasteiger partial charge < -0.3 is 4.98 Å². The minimum absolute atomic E-state index is 0.144. The van der Waals surface area contributed by atoms with Crippen molar-refractivity contribution >= 4 is 44.1 Å². The van der Waals surface area contributed by atoms with E-state index in [2.05, 4.69) is 14.7 Å². The molecule has 0 spiro atoms. The highest BCUT2D eigenvalue weighted by atomic mass is 35.5. The second-order valence-electron chi connectivity index (χ2n) is 8.28. The second kappa shape index (κ2) is 8.76. The molecule has 0 radical (unpaired) electrons. The molecule has 3 aromatic rings.